The SMILES string of the molecule is NC(=O)CCC(NC(=O)CCOc1ccccc1)C(=O)O. The first-order chi connectivity index (χ1) is 9.99. The molecule has 1 atom stereocenters. The third-order valence-corrected chi connectivity index (χ3v) is 2.65. The van der Waals surface area contributed by atoms with Crippen molar-refractivity contribution in [3.63, 3.8) is 0 Å². The van der Waals surface area contributed by atoms with Gasteiger partial charge in [-0.05, 0) is 18.6 Å². The van der Waals surface area contributed by atoms with Crippen molar-refractivity contribution in [1.82, 2.24) is 5.32 Å². The standard InChI is InChI=1S/C14H18N2O5/c15-12(17)7-6-11(14(19)20)16-13(18)8-9-21-10-4-2-1-3-5-10/h1-5,11H,6-9H2,(H2,15,17)(H,16,18)(H,19,20). The van der Waals surface area contributed by atoms with E-state index in [2.05, 4.69) is 5.32 Å². The highest BCUT2D eigenvalue weighted by Gasteiger charge is 2.20. The van der Waals surface area contributed by atoms with Crippen molar-refractivity contribution in [3.8, 4) is 5.75 Å². The lowest BCUT2D eigenvalue weighted by molar-refractivity contribution is -0.142. The van der Waals surface area contributed by atoms with E-state index in [0.29, 0.717) is 5.75 Å². The van der Waals surface area contributed by atoms with E-state index in [4.69, 9.17) is 15.6 Å². The predicted octanol–water partition coefficient (Wildman–Crippen LogP) is 0.290. The number of carbonyl (C=O) groups excluding carboxylic acids is 2. The van der Waals surface area contributed by atoms with Crippen molar-refractivity contribution in [1.29, 1.82) is 0 Å². The number of aliphatic carboxylic acids is 1. The number of nitrogens with one attached hydrogen (secondary N) is 1. The smallest absolute Gasteiger partial charge is 0.326 e. The van der Waals surface area contributed by atoms with Gasteiger partial charge in [-0.2, -0.15) is 0 Å². The molecule has 0 spiro atoms. The largest absolute Gasteiger partial charge is 0.493 e. The zero-order valence-electron chi connectivity index (χ0n) is 11.5. The van der Waals surface area contributed by atoms with Crippen LogP contribution < -0.4 is 15.8 Å². The van der Waals surface area contributed by atoms with E-state index in [1.165, 1.54) is 0 Å². The molecule has 0 saturated heterocycles. The Hall–Kier alpha value is -2.57. The van der Waals surface area contributed by atoms with Gasteiger partial charge in [0, 0.05) is 6.42 Å². The van der Waals surface area contributed by atoms with E-state index >= 15 is 0 Å². The quantitative estimate of drug-likeness (QED) is 0.605. The number of hydrogen-bond donors (Lipinski definition) is 3. The van der Waals surface area contributed by atoms with Crippen molar-refractivity contribution in [3.05, 3.63) is 30.3 Å². The molecule has 0 aliphatic rings. The summed E-state index contributed by atoms with van der Waals surface area (Å²) in [7, 11) is 0. The molecule has 0 aliphatic carbocycles. The fourth-order valence-electron chi connectivity index (χ4n) is 1.59. The lowest BCUT2D eigenvalue weighted by atomic mass is 10.1. The van der Waals surface area contributed by atoms with Gasteiger partial charge in [0.25, 0.3) is 0 Å². The van der Waals surface area contributed by atoms with Gasteiger partial charge in [0.15, 0.2) is 0 Å². The summed E-state index contributed by atoms with van der Waals surface area (Å²) in [5, 5.41) is 11.3. The Morgan fingerprint density at radius 2 is 1.86 bits per heavy atom. The molecule has 1 aromatic carbocycles. The number of carboxylic acid groups (broad SMARTS) is 1. The number of nitrogens with two attached hydrogens (primary N) is 1. The molecule has 0 heterocycles. The first kappa shape index (κ1) is 16.5. The monoisotopic (exact) mass is 294 g/mol. The molecule has 1 unspecified atom stereocenters. The van der Waals surface area contributed by atoms with Crippen LogP contribution in [0.4, 0.5) is 0 Å². The van der Waals surface area contributed by atoms with Crippen molar-refractivity contribution in [2.45, 2.75) is 25.3 Å². The van der Waals surface area contributed by atoms with Crippen molar-refractivity contribution in [2.24, 2.45) is 5.73 Å². The van der Waals surface area contributed by atoms with Gasteiger partial charge in [0.05, 0.1) is 13.0 Å². The van der Waals surface area contributed by atoms with Crippen molar-refractivity contribution >= 4 is 17.8 Å². The Labute approximate surface area is 122 Å². The number of primary amides is 1. The maximum Gasteiger partial charge on any atom is 0.326 e. The average Bonchev–Trinajstić information content (AvgIpc) is 2.44. The van der Waals surface area contributed by atoms with Gasteiger partial charge >= 0.3 is 5.97 Å². The normalized spacial score (nSPS) is 11.4. The minimum absolute atomic E-state index is 0.0231. The summed E-state index contributed by atoms with van der Waals surface area (Å²) < 4.78 is 5.33. The number of benzene rings is 1. The zero-order valence-corrected chi connectivity index (χ0v) is 11.5. The topological polar surface area (TPSA) is 119 Å². The lowest BCUT2D eigenvalue weighted by Crippen LogP contribution is -2.41. The summed E-state index contributed by atoms with van der Waals surface area (Å²) in [5.74, 6) is -1.63. The van der Waals surface area contributed by atoms with Crippen LogP contribution in [0, 0.1) is 0 Å². The third-order valence-electron chi connectivity index (χ3n) is 2.65. The van der Waals surface area contributed by atoms with Crippen molar-refractivity contribution < 1.29 is 24.2 Å². The van der Waals surface area contributed by atoms with Crippen LogP contribution in [0.25, 0.3) is 0 Å². The first-order valence-corrected chi connectivity index (χ1v) is 6.47. The summed E-state index contributed by atoms with van der Waals surface area (Å²) in [6.45, 7) is 0.137. The van der Waals surface area contributed by atoms with Gasteiger partial charge in [-0.3, -0.25) is 9.59 Å². The molecule has 1 aromatic rings. The number of ether oxygens (including phenoxy) is 1. The maximum absolute atomic E-state index is 11.6. The molecule has 4 N–H and O–H groups in total. The molecule has 0 fully saturated rings. The summed E-state index contributed by atoms with van der Waals surface area (Å²) >= 11 is 0. The van der Waals surface area contributed by atoms with Crippen LogP contribution in [0.5, 0.6) is 5.75 Å². The second-order valence-corrected chi connectivity index (χ2v) is 4.37. The van der Waals surface area contributed by atoms with E-state index in [0.717, 1.165) is 0 Å². The van der Waals surface area contributed by atoms with E-state index in [1.807, 2.05) is 6.07 Å². The van der Waals surface area contributed by atoms with Gasteiger partial charge in [-0.25, -0.2) is 4.79 Å². The van der Waals surface area contributed by atoms with Crippen LogP contribution in [0.3, 0.4) is 0 Å². The number of carboxylic acids is 1. The van der Waals surface area contributed by atoms with E-state index < -0.39 is 23.8 Å². The van der Waals surface area contributed by atoms with Gasteiger partial charge in [0.1, 0.15) is 11.8 Å². The predicted molar refractivity (Wildman–Crippen MR) is 74.5 cm³/mol. The number of para-hydroxylation sites is 1. The van der Waals surface area contributed by atoms with Gasteiger partial charge in [-0.1, -0.05) is 18.2 Å². The summed E-state index contributed by atoms with van der Waals surface area (Å²) in [4.78, 5) is 33.2. The van der Waals surface area contributed by atoms with E-state index in [-0.39, 0.29) is 25.9 Å². The molecule has 0 radical (unpaired) electrons. The fourth-order valence-corrected chi connectivity index (χ4v) is 1.59. The molecule has 1 rings (SSSR count). The Kier molecular flexibility index (Phi) is 6.73. The Morgan fingerprint density at radius 3 is 2.43 bits per heavy atom. The summed E-state index contributed by atoms with van der Waals surface area (Å²) in [6.07, 6.45) is -0.108. The molecule has 7 heteroatoms. The Balaban J connectivity index is 2.33. The highest BCUT2D eigenvalue weighted by molar-refractivity contribution is 5.84. The van der Waals surface area contributed by atoms with Crippen LogP contribution in [0.2, 0.25) is 0 Å². The number of amides is 2. The van der Waals surface area contributed by atoms with E-state index in [9.17, 15) is 14.4 Å². The molecule has 0 aromatic heterocycles. The minimum Gasteiger partial charge on any atom is -0.493 e. The van der Waals surface area contributed by atoms with Gasteiger partial charge in [0.2, 0.25) is 11.8 Å². The molecule has 0 saturated carbocycles. The second-order valence-electron chi connectivity index (χ2n) is 4.37. The zero-order chi connectivity index (χ0) is 15.7. The van der Waals surface area contributed by atoms with Gasteiger partial charge < -0.3 is 20.9 Å². The van der Waals surface area contributed by atoms with Crippen LogP contribution in [-0.2, 0) is 14.4 Å². The summed E-state index contributed by atoms with van der Waals surface area (Å²) in [6, 6.07) is 7.84. The van der Waals surface area contributed by atoms with Crippen LogP contribution in [-0.4, -0.2) is 35.5 Å². The average molecular weight is 294 g/mol. The molecule has 114 valence electrons. The maximum atomic E-state index is 11.6. The Morgan fingerprint density at radius 1 is 1.19 bits per heavy atom. The molecule has 2 amide bonds. The molecular formula is C14H18N2O5. The fraction of sp³-hybridized carbons (Fsp3) is 0.357. The number of rotatable bonds is 9. The first-order valence-electron chi connectivity index (χ1n) is 6.47. The highest BCUT2D eigenvalue weighted by Crippen LogP contribution is 2.08. The summed E-state index contributed by atoms with van der Waals surface area (Å²) in [5.41, 5.74) is 4.95. The van der Waals surface area contributed by atoms with Crippen LogP contribution >= 0.6 is 0 Å². The highest BCUT2D eigenvalue weighted by atomic mass is 16.5. The minimum atomic E-state index is -1.20. The molecule has 0 bridgehead atoms. The van der Waals surface area contributed by atoms with Crippen LogP contribution in [0.1, 0.15) is 19.3 Å². The molecule has 0 aliphatic heterocycles. The third kappa shape index (κ3) is 6.95. The molecular weight excluding hydrogens is 276 g/mol. The number of hydrogen-bond acceptors (Lipinski definition) is 4. The van der Waals surface area contributed by atoms with Crippen LogP contribution in [0.15, 0.2) is 30.3 Å². The lowest BCUT2D eigenvalue weighted by Gasteiger charge is -2.13. The molecule has 21 heavy (non-hydrogen) atoms. The Bertz CT molecular complexity index is 489. The van der Waals surface area contributed by atoms with E-state index in [1.54, 1.807) is 24.3 Å². The second kappa shape index (κ2) is 8.57. The van der Waals surface area contributed by atoms with Gasteiger partial charge in [-0.15, -0.1) is 0 Å². The molecule has 7 nitrogen and oxygen atoms in total. The van der Waals surface area contributed by atoms with Crippen molar-refractivity contribution in [2.75, 3.05) is 6.61 Å². The number of carbonyl (C=O) groups is 3.